The van der Waals surface area contributed by atoms with Crippen LogP contribution in [0.3, 0.4) is 0 Å². The number of halogens is 5. The summed E-state index contributed by atoms with van der Waals surface area (Å²) in [4.78, 5) is 7.84. The molecule has 3 aromatic rings. The van der Waals surface area contributed by atoms with Gasteiger partial charge in [-0.2, -0.15) is 8.78 Å². The summed E-state index contributed by atoms with van der Waals surface area (Å²) in [6.45, 7) is 1.39. The Hall–Kier alpha value is -3.21. The van der Waals surface area contributed by atoms with Crippen LogP contribution in [0.2, 0.25) is 0 Å². The number of nitrogens with zero attached hydrogens (tertiary/aromatic N) is 2. The molecule has 2 aromatic carbocycles. The Balaban J connectivity index is 1.65. The number of benzene rings is 2. The number of fused-ring (bicyclic) bond motifs is 1. The molecule has 2 heterocycles. The van der Waals surface area contributed by atoms with E-state index in [9.17, 15) is 22.0 Å². The Kier molecular flexibility index (Phi) is 6.26. The van der Waals surface area contributed by atoms with Crippen LogP contribution in [-0.2, 0) is 0 Å². The van der Waals surface area contributed by atoms with Gasteiger partial charge in [0.05, 0.1) is 24.6 Å². The first-order chi connectivity index (χ1) is 15.4. The fraction of sp³-hybridized carbons (Fsp3) is 0.333. The highest BCUT2D eigenvalue weighted by Crippen LogP contribution is 2.38. The first kappa shape index (κ1) is 22.0. The molecule has 0 amide bonds. The molecule has 32 heavy (non-hydrogen) atoms. The summed E-state index contributed by atoms with van der Waals surface area (Å²) in [7, 11) is 1.39. The van der Waals surface area contributed by atoms with Crippen molar-refractivity contribution in [1.29, 1.82) is 0 Å². The van der Waals surface area contributed by atoms with Gasteiger partial charge in [0.1, 0.15) is 6.33 Å². The summed E-state index contributed by atoms with van der Waals surface area (Å²) >= 11 is 0. The maximum Gasteiger partial charge on any atom is 0.230 e. The molecule has 1 atom stereocenters. The molecule has 1 aromatic heterocycles. The van der Waals surface area contributed by atoms with Gasteiger partial charge < -0.3 is 19.5 Å². The first-order valence-corrected chi connectivity index (χ1v) is 9.79. The van der Waals surface area contributed by atoms with Crippen molar-refractivity contribution in [1.82, 2.24) is 15.3 Å². The molecule has 0 spiro atoms. The van der Waals surface area contributed by atoms with E-state index in [0.29, 0.717) is 18.4 Å². The fourth-order valence-electron chi connectivity index (χ4n) is 3.48. The zero-order valence-electron chi connectivity index (χ0n) is 16.9. The van der Waals surface area contributed by atoms with Crippen molar-refractivity contribution in [3.8, 4) is 23.1 Å². The average molecular weight is 455 g/mol. The SMILES string of the molecule is COc1cc2c(Oc3c(F)c(F)c(F)c(F)c3F)ncnc2cc1OCCC1CCCN1. The number of hydrogen-bond donors (Lipinski definition) is 1. The Morgan fingerprint density at radius 1 is 0.969 bits per heavy atom. The van der Waals surface area contributed by atoms with Crippen molar-refractivity contribution < 1.29 is 36.2 Å². The molecule has 1 N–H and O–H groups in total. The maximum atomic E-state index is 14.0. The van der Waals surface area contributed by atoms with E-state index in [1.54, 1.807) is 0 Å². The molecular weight excluding hydrogens is 437 g/mol. The lowest BCUT2D eigenvalue weighted by Gasteiger charge is -2.15. The molecule has 1 aliphatic rings. The van der Waals surface area contributed by atoms with Gasteiger partial charge in [-0.25, -0.2) is 23.1 Å². The first-order valence-electron chi connectivity index (χ1n) is 9.79. The Morgan fingerprint density at radius 2 is 1.69 bits per heavy atom. The van der Waals surface area contributed by atoms with E-state index in [1.165, 1.54) is 19.2 Å². The number of hydrogen-bond acceptors (Lipinski definition) is 6. The van der Waals surface area contributed by atoms with Crippen molar-refractivity contribution in [2.24, 2.45) is 0 Å². The lowest BCUT2D eigenvalue weighted by Crippen LogP contribution is -2.23. The largest absolute Gasteiger partial charge is 0.493 e. The van der Waals surface area contributed by atoms with Gasteiger partial charge in [0.25, 0.3) is 0 Å². The zero-order chi connectivity index (χ0) is 22.8. The van der Waals surface area contributed by atoms with E-state index in [0.717, 1.165) is 32.1 Å². The molecular formula is C21H18F5N3O3. The molecule has 1 saturated heterocycles. The molecule has 4 rings (SSSR count). The second-order valence-electron chi connectivity index (χ2n) is 7.13. The highest BCUT2D eigenvalue weighted by Gasteiger charge is 2.28. The number of aromatic nitrogens is 2. The van der Waals surface area contributed by atoms with Gasteiger partial charge in [-0.3, -0.25) is 0 Å². The molecule has 0 bridgehead atoms. The van der Waals surface area contributed by atoms with Crippen LogP contribution in [0, 0.1) is 29.1 Å². The lowest BCUT2D eigenvalue weighted by molar-refractivity contribution is 0.275. The highest BCUT2D eigenvalue weighted by molar-refractivity contribution is 5.87. The summed E-state index contributed by atoms with van der Waals surface area (Å²) in [5.41, 5.74) is 0.258. The van der Waals surface area contributed by atoms with Crippen LogP contribution in [-0.4, -0.2) is 36.3 Å². The predicted octanol–water partition coefficient (Wildman–Crippen LogP) is 4.65. The molecule has 11 heteroatoms. The van der Waals surface area contributed by atoms with E-state index >= 15 is 0 Å². The Labute approximate surface area is 179 Å². The summed E-state index contributed by atoms with van der Waals surface area (Å²) in [6, 6.07) is 3.30. The topological polar surface area (TPSA) is 65.5 Å². The van der Waals surface area contributed by atoms with Crippen LogP contribution < -0.4 is 19.5 Å². The third-order valence-corrected chi connectivity index (χ3v) is 5.14. The van der Waals surface area contributed by atoms with E-state index < -0.39 is 40.7 Å². The minimum Gasteiger partial charge on any atom is -0.493 e. The van der Waals surface area contributed by atoms with Gasteiger partial charge in [-0.1, -0.05) is 0 Å². The van der Waals surface area contributed by atoms with Crippen LogP contribution in [0.1, 0.15) is 19.3 Å². The van der Waals surface area contributed by atoms with Crippen LogP contribution in [0.25, 0.3) is 10.9 Å². The lowest BCUT2D eigenvalue weighted by atomic mass is 10.2. The van der Waals surface area contributed by atoms with Crippen LogP contribution in [0.15, 0.2) is 18.5 Å². The summed E-state index contributed by atoms with van der Waals surface area (Å²) in [5, 5.41) is 3.49. The van der Waals surface area contributed by atoms with Gasteiger partial charge in [-0.05, 0) is 31.9 Å². The molecule has 0 saturated carbocycles. The monoisotopic (exact) mass is 455 g/mol. The van der Waals surface area contributed by atoms with Gasteiger partial charge >= 0.3 is 0 Å². The third-order valence-electron chi connectivity index (χ3n) is 5.14. The van der Waals surface area contributed by atoms with Gasteiger partial charge in [-0.15, -0.1) is 0 Å². The van der Waals surface area contributed by atoms with Crippen molar-refractivity contribution in [2.75, 3.05) is 20.3 Å². The van der Waals surface area contributed by atoms with Crippen molar-refractivity contribution in [2.45, 2.75) is 25.3 Å². The second kappa shape index (κ2) is 9.11. The summed E-state index contributed by atoms with van der Waals surface area (Å²) in [5.74, 6) is -12.0. The van der Waals surface area contributed by atoms with Gasteiger partial charge in [0, 0.05) is 12.1 Å². The Bertz CT molecular complexity index is 1130. The smallest absolute Gasteiger partial charge is 0.230 e. The fourth-order valence-corrected chi connectivity index (χ4v) is 3.48. The molecule has 170 valence electrons. The molecule has 0 aliphatic carbocycles. The van der Waals surface area contributed by atoms with E-state index in [-0.39, 0.29) is 16.7 Å². The van der Waals surface area contributed by atoms with E-state index in [4.69, 9.17) is 14.2 Å². The molecule has 1 unspecified atom stereocenters. The molecule has 0 radical (unpaired) electrons. The quantitative estimate of drug-likeness (QED) is 0.318. The number of rotatable bonds is 7. The van der Waals surface area contributed by atoms with Crippen molar-refractivity contribution >= 4 is 10.9 Å². The summed E-state index contributed by atoms with van der Waals surface area (Å²) < 4.78 is 84.5. The molecule has 1 fully saturated rings. The van der Waals surface area contributed by atoms with Crippen LogP contribution in [0.5, 0.6) is 23.1 Å². The van der Waals surface area contributed by atoms with E-state index in [1.807, 2.05) is 0 Å². The standard InChI is InChI=1S/C21H18F5N3O3/c1-30-13-7-11-12(8-14(13)31-6-4-10-3-2-5-27-10)28-9-29-21(11)32-20-18(25)16(23)15(22)17(24)19(20)26/h7-10,27H,2-6H2,1H3. The van der Waals surface area contributed by atoms with Crippen LogP contribution in [0.4, 0.5) is 22.0 Å². The Morgan fingerprint density at radius 3 is 2.34 bits per heavy atom. The number of nitrogens with one attached hydrogen (secondary N) is 1. The van der Waals surface area contributed by atoms with Gasteiger partial charge in [0.15, 0.2) is 11.5 Å². The van der Waals surface area contributed by atoms with Crippen LogP contribution >= 0.6 is 0 Å². The number of methoxy groups -OCH3 is 1. The highest BCUT2D eigenvalue weighted by atomic mass is 19.2. The normalized spacial score (nSPS) is 15.9. The maximum absolute atomic E-state index is 14.0. The molecule has 6 nitrogen and oxygen atoms in total. The minimum atomic E-state index is -2.28. The van der Waals surface area contributed by atoms with Gasteiger partial charge in [0.2, 0.25) is 40.7 Å². The zero-order valence-corrected chi connectivity index (χ0v) is 16.9. The predicted molar refractivity (Wildman–Crippen MR) is 104 cm³/mol. The summed E-state index contributed by atoms with van der Waals surface area (Å²) in [6.07, 6.45) is 4.01. The minimum absolute atomic E-state index is 0.123. The molecule has 1 aliphatic heterocycles. The second-order valence-corrected chi connectivity index (χ2v) is 7.13. The van der Waals surface area contributed by atoms with Crippen molar-refractivity contribution in [3.63, 3.8) is 0 Å². The number of ether oxygens (including phenoxy) is 3. The van der Waals surface area contributed by atoms with Crippen molar-refractivity contribution in [3.05, 3.63) is 47.5 Å². The van der Waals surface area contributed by atoms with E-state index in [2.05, 4.69) is 15.3 Å². The third kappa shape index (κ3) is 4.12. The average Bonchev–Trinajstić information content (AvgIpc) is 3.32.